The summed E-state index contributed by atoms with van der Waals surface area (Å²) in [6.45, 7) is 3.38. The molecule has 7 heteroatoms. The van der Waals surface area contributed by atoms with Gasteiger partial charge in [0.05, 0.1) is 11.3 Å². The lowest BCUT2D eigenvalue weighted by Crippen LogP contribution is -2.48. The number of nitrogens with zero attached hydrogens (tertiary/aromatic N) is 3. The summed E-state index contributed by atoms with van der Waals surface area (Å²) in [7, 11) is 0. The zero-order valence-corrected chi connectivity index (χ0v) is 18.4. The Labute approximate surface area is 182 Å². The van der Waals surface area contributed by atoms with E-state index in [0.29, 0.717) is 17.5 Å². The smallest absolute Gasteiger partial charge is 0.230 e. The predicted molar refractivity (Wildman–Crippen MR) is 119 cm³/mol. The number of aromatic nitrogens is 2. The van der Waals surface area contributed by atoms with E-state index in [2.05, 4.69) is 15.3 Å². The Morgan fingerprint density at radius 1 is 1.07 bits per heavy atom. The van der Waals surface area contributed by atoms with Gasteiger partial charge in [0.1, 0.15) is 10.9 Å². The van der Waals surface area contributed by atoms with Crippen molar-refractivity contribution < 1.29 is 9.59 Å². The van der Waals surface area contributed by atoms with E-state index >= 15 is 0 Å². The molecule has 1 aromatic carbocycles. The van der Waals surface area contributed by atoms with Gasteiger partial charge in [-0.3, -0.25) is 9.59 Å². The average molecular weight is 427 g/mol. The summed E-state index contributed by atoms with van der Waals surface area (Å²) in [4.78, 5) is 36.2. The van der Waals surface area contributed by atoms with Crippen LogP contribution < -0.4 is 5.32 Å². The van der Waals surface area contributed by atoms with Crippen LogP contribution in [0.1, 0.15) is 50.8 Å². The fraction of sp³-hybridized carbons (Fsp3) is 0.565. The molecule has 1 saturated carbocycles. The van der Waals surface area contributed by atoms with Gasteiger partial charge >= 0.3 is 0 Å². The molecule has 6 nitrogen and oxygen atoms in total. The second kappa shape index (κ2) is 9.77. The normalized spacial score (nSPS) is 18.5. The van der Waals surface area contributed by atoms with Crippen molar-refractivity contribution in [1.29, 1.82) is 0 Å². The summed E-state index contributed by atoms with van der Waals surface area (Å²) in [6, 6.07) is 8.04. The molecule has 2 heterocycles. The monoisotopic (exact) mass is 426 g/mol. The van der Waals surface area contributed by atoms with E-state index in [0.717, 1.165) is 54.7 Å². The van der Waals surface area contributed by atoms with E-state index in [-0.39, 0.29) is 17.9 Å². The third-order valence-electron chi connectivity index (χ3n) is 6.15. The maximum absolute atomic E-state index is 12.7. The summed E-state index contributed by atoms with van der Waals surface area (Å²) in [5.74, 6) is 1.64. The Morgan fingerprint density at radius 3 is 2.57 bits per heavy atom. The number of nitrogens with one attached hydrogen (secondary N) is 1. The number of likely N-dealkylation sites (tertiary alicyclic amines) is 1. The molecule has 0 bridgehead atoms. The Hall–Kier alpha value is -2.15. The lowest BCUT2D eigenvalue weighted by Gasteiger charge is -2.35. The van der Waals surface area contributed by atoms with Gasteiger partial charge in [-0.05, 0) is 38.7 Å². The summed E-state index contributed by atoms with van der Waals surface area (Å²) in [5.41, 5.74) is 0.905. The van der Waals surface area contributed by atoms with Crippen LogP contribution in [0, 0.1) is 12.8 Å². The van der Waals surface area contributed by atoms with Crippen molar-refractivity contribution in [1.82, 2.24) is 20.2 Å². The quantitative estimate of drug-likeness (QED) is 0.583. The van der Waals surface area contributed by atoms with E-state index in [1.54, 1.807) is 0 Å². The molecule has 0 radical (unpaired) electrons. The number of amides is 2. The number of para-hydroxylation sites is 1. The molecule has 1 aliphatic carbocycles. The van der Waals surface area contributed by atoms with Gasteiger partial charge < -0.3 is 10.2 Å². The van der Waals surface area contributed by atoms with Gasteiger partial charge in [0.25, 0.3) is 0 Å². The number of rotatable bonds is 5. The first-order valence-corrected chi connectivity index (χ1v) is 12.0. The van der Waals surface area contributed by atoms with Gasteiger partial charge in [0.15, 0.2) is 0 Å². The van der Waals surface area contributed by atoms with Crippen LogP contribution >= 0.6 is 11.8 Å². The molecule has 2 aromatic rings. The van der Waals surface area contributed by atoms with E-state index in [1.807, 2.05) is 36.1 Å². The molecule has 160 valence electrons. The molecule has 4 rings (SSSR count). The third-order valence-corrected chi connectivity index (χ3v) is 7.14. The number of carbonyl (C=O) groups excluding carboxylic acids is 2. The zero-order valence-electron chi connectivity index (χ0n) is 17.6. The van der Waals surface area contributed by atoms with Gasteiger partial charge in [-0.2, -0.15) is 0 Å². The van der Waals surface area contributed by atoms with Gasteiger partial charge in [-0.1, -0.05) is 49.2 Å². The van der Waals surface area contributed by atoms with Crippen LogP contribution in [0.5, 0.6) is 0 Å². The second-order valence-corrected chi connectivity index (χ2v) is 9.35. The highest BCUT2D eigenvalue weighted by molar-refractivity contribution is 8.00. The van der Waals surface area contributed by atoms with Gasteiger partial charge in [0, 0.05) is 30.4 Å². The van der Waals surface area contributed by atoms with Gasteiger partial charge in [0.2, 0.25) is 11.8 Å². The molecule has 1 saturated heterocycles. The fourth-order valence-electron chi connectivity index (χ4n) is 4.52. The number of thioether (sulfide) groups is 1. The number of piperidine rings is 1. The van der Waals surface area contributed by atoms with Crippen molar-refractivity contribution in [2.24, 2.45) is 5.92 Å². The van der Waals surface area contributed by atoms with Crippen molar-refractivity contribution in [2.45, 2.75) is 62.9 Å². The highest BCUT2D eigenvalue weighted by Gasteiger charge is 2.29. The first kappa shape index (κ1) is 21.1. The minimum Gasteiger partial charge on any atom is -0.353 e. The summed E-state index contributed by atoms with van der Waals surface area (Å²) < 4.78 is 0. The zero-order chi connectivity index (χ0) is 20.9. The number of benzene rings is 1. The Morgan fingerprint density at radius 2 is 1.80 bits per heavy atom. The van der Waals surface area contributed by atoms with Crippen molar-refractivity contribution >= 4 is 34.5 Å². The van der Waals surface area contributed by atoms with Gasteiger partial charge in [-0.25, -0.2) is 9.97 Å². The Kier molecular flexibility index (Phi) is 6.87. The van der Waals surface area contributed by atoms with Crippen molar-refractivity contribution in [2.75, 3.05) is 18.8 Å². The van der Waals surface area contributed by atoms with E-state index in [4.69, 9.17) is 0 Å². The Bertz CT molecular complexity index is 905. The second-order valence-electron chi connectivity index (χ2n) is 8.38. The third kappa shape index (κ3) is 5.12. The molecule has 0 unspecified atom stereocenters. The van der Waals surface area contributed by atoms with Crippen LogP contribution in [0.4, 0.5) is 0 Å². The molecular formula is C23H30N4O2S. The van der Waals surface area contributed by atoms with Crippen LogP contribution in [0.3, 0.4) is 0 Å². The molecule has 1 aromatic heterocycles. The predicted octanol–water partition coefficient (Wildman–Crippen LogP) is 3.72. The van der Waals surface area contributed by atoms with Crippen LogP contribution in [-0.4, -0.2) is 51.6 Å². The molecule has 2 amide bonds. The first-order chi connectivity index (χ1) is 14.6. The van der Waals surface area contributed by atoms with Crippen LogP contribution in [0.25, 0.3) is 10.9 Å². The molecule has 0 spiro atoms. The summed E-state index contributed by atoms with van der Waals surface area (Å²) in [5, 5.41) is 4.98. The van der Waals surface area contributed by atoms with Crippen LogP contribution in [0.15, 0.2) is 29.3 Å². The first-order valence-electron chi connectivity index (χ1n) is 11.0. The van der Waals surface area contributed by atoms with Gasteiger partial charge in [-0.15, -0.1) is 0 Å². The van der Waals surface area contributed by atoms with E-state index < -0.39 is 0 Å². The van der Waals surface area contributed by atoms with E-state index in [1.165, 1.54) is 31.0 Å². The van der Waals surface area contributed by atoms with Crippen LogP contribution in [0.2, 0.25) is 0 Å². The fourth-order valence-corrected chi connectivity index (χ4v) is 5.40. The average Bonchev–Trinajstić information content (AvgIpc) is 2.78. The van der Waals surface area contributed by atoms with Crippen molar-refractivity contribution in [3.05, 3.63) is 30.1 Å². The topological polar surface area (TPSA) is 75.2 Å². The highest BCUT2D eigenvalue weighted by Crippen LogP contribution is 2.27. The highest BCUT2D eigenvalue weighted by atomic mass is 32.2. The molecule has 0 atom stereocenters. The van der Waals surface area contributed by atoms with Crippen molar-refractivity contribution in [3.63, 3.8) is 0 Å². The standard InChI is InChI=1S/C23H30N4O2S/c1-16-24-20-10-6-5-9-19(20)22(25-16)30-15-21(28)26-18-11-13-27(14-12-18)23(29)17-7-3-2-4-8-17/h5-6,9-10,17-18H,2-4,7-8,11-15H2,1H3,(H,26,28). The number of hydrogen-bond acceptors (Lipinski definition) is 5. The van der Waals surface area contributed by atoms with Crippen molar-refractivity contribution in [3.8, 4) is 0 Å². The SMILES string of the molecule is Cc1nc(SCC(=O)NC2CCN(C(=O)C3CCCCC3)CC2)c2ccccc2n1. The minimum atomic E-state index is 0.0254. The maximum atomic E-state index is 12.7. The minimum absolute atomic E-state index is 0.0254. The maximum Gasteiger partial charge on any atom is 0.230 e. The number of hydrogen-bond donors (Lipinski definition) is 1. The molecule has 1 aliphatic heterocycles. The lowest BCUT2D eigenvalue weighted by molar-refractivity contribution is -0.137. The lowest BCUT2D eigenvalue weighted by atomic mass is 9.87. The number of carbonyl (C=O) groups is 2. The number of fused-ring (bicyclic) bond motifs is 1. The molecule has 1 N–H and O–H groups in total. The van der Waals surface area contributed by atoms with E-state index in [9.17, 15) is 9.59 Å². The largest absolute Gasteiger partial charge is 0.353 e. The molecule has 2 fully saturated rings. The number of aryl methyl sites for hydroxylation is 1. The summed E-state index contributed by atoms with van der Waals surface area (Å²) >= 11 is 1.46. The molecule has 30 heavy (non-hydrogen) atoms. The van der Waals surface area contributed by atoms with Crippen LogP contribution in [-0.2, 0) is 9.59 Å². The Balaban J connectivity index is 1.25. The molecular weight excluding hydrogens is 396 g/mol. The molecule has 2 aliphatic rings. The summed E-state index contributed by atoms with van der Waals surface area (Å²) in [6.07, 6.45) is 7.40.